The number of aliphatic hydroxyl groups excluding tert-OH is 1. The molecular weight excluding hydrogens is 486 g/mol. The van der Waals surface area contributed by atoms with Crippen LogP contribution in [0.15, 0.2) is 12.1 Å². The molecule has 0 radical (unpaired) electrons. The number of unbranched alkanes of at least 4 members (excludes halogenated alkanes) is 1. The Morgan fingerprint density at radius 3 is 2.80 bits per heavy atom. The molecule has 192 valence electrons. The summed E-state index contributed by atoms with van der Waals surface area (Å²) < 4.78 is 46.9. The first kappa shape index (κ1) is 26.6. The third-order valence-corrected chi connectivity index (χ3v) is 6.05. The molecule has 35 heavy (non-hydrogen) atoms. The fraction of sp³-hybridized carbons (Fsp3) is 0.500. The average molecular weight is 515 g/mol. The van der Waals surface area contributed by atoms with Crippen molar-refractivity contribution in [1.82, 2.24) is 14.6 Å². The fourth-order valence-electron chi connectivity index (χ4n) is 3.42. The number of hydrogen-bond donors (Lipinski definition) is 3. The number of amides is 2. The second-order valence-electron chi connectivity index (χ2n) is 8.01. The zero-order valence-electron chi connectivity index (χ0n) is 19.4. The van der Waals surface area contributed by atoms with Gasteiger partial charge in [-0.1, -0.05) is 0 Å². The molecule has 1 fully saturated rings. The van der Waals surface area contributed by atoms with Crippen LogP contribution in [-0.2, 0) is 11.3 Å². The third kappa shape index (κ3) is 7.73. The van der Waals surface area contributed by atoms with E-state index in [0.29, 0.717) is 13.1 Å². The molecule has 0 bridgehead atoms. The first-order valence-electron chi connectivity index (χ1n) is 11.0. The zero-order valence-corrected chi connectivity index (χ0v) is 20.3. The van der Waals surface area contributed by atoms with Crippen LogP contribution in [0.2, 0.25) is 0 Å². The molecule has 1 atom stereocenters. The summed E-state index contributed by atoms with van der Waals surface area (Å²) in [6, 6.07) is 1.52. The quantitative estimate of drug-likeness (QED) is 0.326. The number of anilines is 1. The normalized spacial score (nSPS) is 15.6. The Bertz CT molecular complexity index is 1040. The van der Waals surface area contributed by atoms with Crippen molar-refractivity contribution in [1.29, 1.82) is 0 Å². The van der Waals surface area contributed by atoms with Crippen molar-refractivity contribution in [2.75, 3.05) is 38.6 Å². The van der Waals surface area contributed by atoms with E-state index in [2.05, 4.69) is 24.6 Å². The third-order valence-electron chi connectivity index (χ3n) is 5.33. The number of aliphatic hydroxyl groups is 1. The van der Waals surface area contributed by atoms with Crippen LogP contribution in [0.3, 0.4) is 0 Å². The predicted molar refractivity (Wildman–Crippen MR) is 124 cm³/mol. The van der Waals surface area contributed by atoms with Gasteiger partial charge in [0.05, 0.1) is 13.2 Å². The number of nitrogens with zero attached hydrogens (tertiary/aromatic N) is 2. The van der Waals surface area contributed by atoms with Crippen LogP contribution in [0.1, 0.15) is 30.4 Å². The van der Waals surface area contributed by atoms with Gasteiger partial charge < -0.3 is 29.5 Å². The average Bonchev–Trinajstić information content (AvgIpc) is 3.40. The van der Waals surface area contributed by atoms with Crippen LogP contribution in [0, 0.1) is 18.6 Å². The number of aromatic nitrogens is 1. The maximum Gasteiger partial charge on any atom is 0.513 e. The first-order chi connectivity index (χ1) is 16.8. The Morgan fingerprint density at radius 1 is 1.29 bits per heavy atom. The van der Waals surface area contributed by atoms with E-state index in [1.54, 1.807) is 0 Å². The van der Waals surface area contributed by atoms with Gasteiger partial charge in [0.25, 0.3) is 5.88 Å². The molecule has 2 heterocycles. The zero-order chi connectivity index (χ0) is 25.4. The van der Waals surface area contributed by atoms with E-state index in [1.807, 2.05) is 0 Å². The number of aryl methyl sites for hydroxylation is 1. The number of nitrogens with one attached hydrogen (secondary N) is 2. The van der Waals surface area contributed by atoms with E-state index >= 15 is 0 Å². The van der Waals surface area contributed by atoms with Crippen LogP contribution in [0.25, 0.3) is 0 Å². The summed E-state index contributed by atoms with van der Waals surface area (Å²) in [5.74, 6) is -1.65. The minimum atomic E-state index is -1.07. The lowest BCUT2D eigenvalue weighted by Crippen LogP contribution is -2.30. The molecule has 2 aromatic rings. The van der Waals surface area contributed by atoms with Crippen molar-refractivity contribution < 1.29 is 37.7 Å². The lowest BCUT2D eigenvalue weighted by atomic mass is 10.1. The molecule has 1 aromatic heterocycles. The highest BCUT2D eigenvalue weighted by Gasteiger charge is 2.23. The Hall–Kier alpha value is -3.03. The number of benzene rings is 1. The number of methoxy groups -OCH3 is 1. The van der Waals surface area contributed by atoms with E-state index in [1.165, 1.54) is 6.92 Å². The van der Waals surface area contributed by atoms with E-state index in [9.17, 15) is 23.5 Å². The molecule has 10 nitrogen and oxygen atoms in total. The summed E-state index contributed by atoms with van der Waals surface area (Å²) in [6.07, 6.45) is 1.05. The summed E-state index contributed by atoms with van der Waals surface area (Å²) in [5.41, 5.74) is 0.0998. The Morgan fingerprint density at radius 2 is 2.09 bits per heavy atom. The minimum Gasteiger partial charge on any atom is -0.469 e. The van der Waals surface area contributed by atoms with Crippen molar-refractivity contribution in [3.8, 4) is 11.6 Å². The van der Waals surface area contributed by atoms with Gasteiger partial charge in [-0.05, 0) is 62.0 Å². The number of carbonyl (C=O) groups is 2. The number of urea groups is 1. The Balaban J connectivity index is 1.54. The topological polar surface area (TPSA) is 122 Å². The minimum absolute atomic E-state index is 0.0548. The summed E-state index contributed by atoms with van der Waals surface area (Å²) in [4.78, 5) is 26.1. The van der Waals surface area contributed by atoms with Crippen LogP contribution >= 0.6 is 11.5 Å². The van der Waals surface area contributed by atoms with Gasteiger partial charge in [0, 0.05) is 25.2 Å². The Labute approximate surface area is 205 Å². The van der Waals surface area contributed by atoms with Gasteiger partial charge in [-0.2, -0.15) is 0 Å². The van der Waals surface area contributed by atoms with Crippen molar-refractivity contribution >= 4 is 28.7 Å². The number of likely N-dealkylation sites (tertiary alicyclic amines) is 1. The predicted octanol–water partition coefficient (Wildman–Crippen LogP) is 3.42. The largest absolute Gasteiger partial charge is 0.513 e. The van der Waals surface area contributed by atoms with Crippen LogP contribution in [0.5, 0.6) is 11.6 Å². The van der Waals surface area contributed by atoms with E-state index in [4.69, 9.17) is 9.47 Å². The van der Waals surface area contributed by atoms with Gasteiger partial charge >= 0.3 is 12.2 Å². The molecule has 0 aliphatic carbocycles. The highest BCUT2D eigenvalue weighted by Crippen LogP contribution is 2.39. The lowest BCUT2D eigenvalue weighted by molar-refractivity contribution is 0.119. The molecule has 3 N–H and O–H groups in total. The van der Waals surface area contributed by atoms with Crippen LogP contribution < -0.4 is 20.1 Å². The molecule has 0 spiro atoms. The van der Waals surface area contributed by atoms with E-state index < -0.39 is 23.8 Å². The summed E-state index contributed by atoms with van der Waals surface area (Å²) >= 11 is 0.785. The second-order valence-corrected chi connectivity index (χ2v) is 8.79. The SMILES string of the molecule is COC(=O)Oc1c(OCc2cc(F)c(C)cc2F)nsc1NC(=O)NCCCCN1CCC(O)C1. The molecule has 1 aliphatic heterocycles. The highest BCUT2D eigenvalue weighted by molar-refractivity contribution is 7.11. The van der Waals surface area contributed by atoms with Crippen LogP contribution in [-0.4, -0.2) is 66.0 Å². The molecule has 0 saturated carbocycles. The van der Waals surface area contributed by atoms with Gasteiger partial charge in [0.1, 0.15) is 18.2 Å². The smallest absolute Gasteiger partial charge is 0.469 e. The number of halogens is 2. The molecular formula is C22H28F2N4O6S. The maximum absolute atomic E-state index is 14.1. The summed E-state index contributed by atoms with van der Waals surface area (Å²) in [6.45, 7) is 3.86. The van der Waals surface area contributed by atoms with Crippen molar-refractivity contribution in [3.05, 3.63) is 34.9 Å². The molecule has 1 aromatic carbocycles. The van der Waals surface area contributed by atoms with Gasteiger partial charge in [0.2, 0.25) is 5.75 Å². The molecule has 13 heteroatoms. The van der Waals surface area contributed by atoms with Crippen molar-refractivity contribution in [2.24, 2.45) is 0 Å². The van der Waals surface area contributed by atoms with Gasteiger partial charge in [-0.15, -0.1) is 4.37 Å². The molecule has 2 amide bonds. The molecule has 3 rings (SSSR count). The van der Waals surface area contributed by atoms with Gasteiger partial charge in [-0.25, -0.2) is 18.4 Å². The number of rotatable bonds is 10. The van der Waals surface area contributed by atoms with E-state index in [0.717, 1.165) is 63.1 Å². The Kier molecular flexibility index (Phi) is 9.57. The molecule has 1 saturated heterocycles. The lowest BCUT2D eigenvalue weighted by Gasteiger charge is -2.14. The van der Waals surface area contributed by atoms with Crippen LogP contribution in [0.4, 0.5) is 23.4 Å². The maximum atomic E-state index is 14.1. The second kappa shape index (κ2) is 12.6. The number of hydrogen-bond acceptors (Lipinski definition) is 9. The molecule has 1 aliphatic rings. The summed E-state index contributed by atoms with van der Waals surface area (Å²) in [5, 5.41) is 14.9. The first-order valence-corrected chi connectivity index (χ1v) is 11.8. The van der Waals surface area contributed by atoms with E-state index in [-0.39, 0.29) is 40.5 Å². The number of β-amino-alcohol motifs (C(OH)–C–C–N with tert-alkyl or cyclic N) is 1. The van der Waals surface area contributed by atoms with Crippen molar-refractivity contribution in [3.63, 3.8) is 0 Å². The monoisotopic (exact) mass is 514 g/mol. The molecule has 1 unspecified atom stereocenters. The number of ether oxygens (including phenoxy) is 3. The fourth-order valence-corrected chi connectivity index (χ4v) is 4.08. The van der Waals surface area contributed by atoms with Gasteiger partial charge in [0.15, 0.2) is 5.00 Å². The highest BCUT2D eigenvalue weighted by atomic mass is 32.1. The summed E-state index contributed by atoms with van der Waals surface area (Å²) in [7, 11) is 1.11. The van der Waals surface area contributed by atoms with Crippen molar-refractivity contribution in [2.45, 2.75) is 38.9 Å². The number of carbonyl (C=O) groups excluding carboxylic acids is 2. The van der Waals surface area contributed by atoms with Gasteiger partial charge in [-0.3, -0.25) is 5.32 Å². The standard InChI is InChI=1S/C22H28F2N4O6S/c1-13-9-17(24)14(10-16(13)23)12-33-19-18(34-22(31)32-2)20(35-27-19)26-21(30)25-6-3-4-7-28-8-5-15(29)11-28/h9-10,15,29H,3-8,11-12H2,1-2H3,(H2,25,26,30).